The van der Waals surface area contributed by atoms with Gasteiger partial charge in [0.1, 0.15) is 0 Å². The lowest BCUT2D eigenvalue weighted by Crippen LogP contribution is -2.56. The number of benzene rings is 1. The normalized spacial score (nSPS) is 21.9. The summed E-state index contributed by atoms with van der Waals surface area (Å²) < 4.78 is 6.86. The number of fused-ring (bicyclic) bond motifs is 1. The molecule has 21 heavy (non-hydrogen) atoms. The molecule has 0 saturated carbocycles. The molecular weight excluding hydrogens is 328 g/mol. The Hall–Kier alpha value is -0.420. The van der Waals surface area contributed by atoms with Crippen LogP contribution < -0.4 is 5.73 Å². The summed E-state index contributed by atoms with van der Waals surface area (Å²) in [6, 6.07) is 6.62. The number of ether oxygens (including phenoxy) is 1. The highest BCUT2D eigenvalue weighted by molar-refractivity contribution is 9.10. The molecule has 0 aromatic heterocycles. The Kier molecular flexibility index (Phi) is 5.83. The van der Waals surface area contributed by atoms with E-state index in [4.69, 9.17) is 10.5 Å². The van der Waals surface area contributed by atoms with Gasteiger partial charge in [-0.2, -0.15) is 0 Å². The predicted molar refractivity (Wildman–Crippen MR) is 91.7 cm³/mol. The molecule has 0 fully saturated rings. The zero-order valence-electron chi connectivity index (χ0n) is 13.4. The maximum atomic E-state index is 6.17. The molecule has 1 aliphatic rings. The lowest BCUT2D eigenvalue weighted by atomic mass is 9.77. The molecule has 0 bridgehead atoms. The van der Waals surface area contributed by atoms with Crippen LogP contribution in [0, 0.1) is 0 Å². The molecule has 3 nitrogen and oxygen atoms in total. The van der Waals surface area contributed by atoms with Crippen molar-refractivity contribution < 1.29 is 4.74 Å². The first-order valence-corrected chi connectivity index (χ1v) is 8.56. The van der Waals surface area contributed by atoms with Gasteiger partial charge >= 0.3 is 0 Å². The average Bonchev–Trinajstić information content (AvgIpc) is 2.46. The second-order valence-corrected chi connectivity index (χ2v) is 7.28. The zero-order valence-corrected chi connectivity index (χ0v) is 14.9. The van der Waals surface area contributed by atoms with Gasteiger partial charge < -0.3 is 10.5 Å². The second kappa shape index (κ2) is 7.23. The summed E-state index contributed by atoms with van der Waals surface area (Å²) in [5.74, 6) is 0. The standard InChI is InChI=1S/C17H27BrN2O/c1-13(2)21-9-8-20(3)17(12-19)7-6-14-10-16(18)5-4-15(14)11-17/h4-5,10,13H,6-9,11-12,19H2,1-3H3. The van der Waals surface area contributed by atoms with E-state index in [1.165, 1.54) is 15.6 Å². The summed E-state index contributed by atoms with van der Waals surface area (Å²) in [4.78, 5) is 2.40. The monoisotopic (exact) mass is 354 g/mol. The Bertz CT molecular complexity index is 478. The van der Waals surface area contributed by atoms with Gasteiger partial charge in [-0.05, 0) is 63.4 Å². The molecule has 4 heteroatoms. The van der Waals surface area contributed by atoms with Crippen LogP contribution in [0.2, 0.25) is 0 Å². The Morgan fingerprint density at radius 2 is 2.14 bits per heavy atom. The van der Waals surface area contributed by atoms with Crippen LogP contribution >= 0.6 is 15.9 Å². The molecule has 0 spiro atoms. The molecule has 0 radical (unpaired) electrons. The fraction of sp³-hybridized carbons (Fsp3) is 0.647. The summed E-state index contributed by atoms with van der Waals surface area (Å²) in [5, 5.41) is 0. The molecule has 1 aliphatic carbocycles. The van der Waals surface area contributed by atoms with Crippen LogP contribution in [0.3, 0.4) is 0 Å². The summed E-state index contributed by atoms with van der Waals surface area (Å²) in [6.45, 7) is 6.55. The van der Waals surface area contributed by atoms with E-state index < -0.39 is 0 Å². The average molecular weight is 355 g/mol. The number of halogens is 1. The van der Waals surface area contributed by atoms with Crippen molar-refractivity contribution in [3.05, 3.63) is 33.8 Å². The van der Waals surface area contributed by atoms with E-state index in [9.17, 15) is 0 Å². The largest absolute Gasteiger partial charge is 0.377 e. The summed E-state index contributed by atoms with van der Waals surface area (Å²) in [7, 11) is 2.18. The highest BCUT2D eigenvalue weighted by Gasteiger charge is 2.36. The summed E-state index contributed by atoms with van der Waals surface area (Å²) in [5.41, 5.74) is 9.13. The van der Waals surface area contributed by atoms with Crippen LogP contribution in [0.5, 0.6) is 0 Å². The zero-order chi connectivity index (χ0) is 15.5. The highest BCUT2D eigenvalue weighted by Crippen LogP contribution is 2.33. The summed E-state index contributed by atoms with van der Waals surface area (Å²) in [6.07, 6.45) is 3.54. The molecule has 0 heterocycles. The number of nitrogens with zero attached hydrogens (tertiary/aromatic N) is 1. The number of rotatable bonds is 6. The van der Waals surface area contributed by atoms with Gasteiger partial charge in [0.25, 0.3) is 0 Å². The van der Waals surface area contributed by atoms with Crippen LogP contribution in [0.4, 0.5) is 0 Å². The van der Waals surface area contributed by atoms with Crippen molar-refractivity contribution in [2.75, 3.05) is 26.7 Å². The van der Waals surface area contributed by atoms with Crippen molar-refractivity contribution >= 4 is 15.9 Å². The maximum absolute atomic E-state index is 6.17. The Labute approximate surface area is 137 Å². The van der Waals surface area contributed by atoms with Gasteiger partial charge in [0.15, 0.2) is 0 Å². The van der Waals surface area contributed by atoms with Crippen LogP contribution in [0.25, 0.3) is 0 Å². The third-order valence-corrected chi connectivity index (χ3v) is 5.11. The smallest absolute Gasteiger partial charge is 0.0597 e. The highest BCUT2D eigenvalue weighted by atomic mass is 79.9. The van der Waals surface area contributed by atoms with Crippen molar-refractivity contribution in [2.45, 2.75) is 44.8 Å². The topological polar surface area (TPSA) is 38.5 Å². The Morgan fingerprint density at radius 1 is 1.38 bits per heavy atom. The SMILES string of the molecule is CC(C)OCCN(C)C1(CN)CCc2cc(Br)ccc2C1. The molecule has 0 saturated heterocycles. The molecule has 1 unspecified atom stereocenters. The van der Waals surface area contributed by atoms with E-state index in [-0.39, 0.29) is 11.6 Å². The van der Waals surface area contributed by atoms with E-state index in [0.717, 1.165) is 32.4 Å². The van der Waals surface area contributed by atoms with Crippen LogP contribution in [0.15, 0.2) is 22.7 Å². The minimum atomic E-state index is 0.0706. The van der Waals surface area contributed by atoms with E-state index >= 15 is 0 Å². The molecular formula is C17H27BrN2O. The van der Waals surface area contributed by atoms with Crippen LogP contribution in [-0.2, 0) is 17.6 Å². The van der Waals surface area contributed by atoms with Gasteiger partial charge in [-0.1, -0.05) is 22.0 Å². The number of nitrogens with two attached hydrogens (primary N) is 1. The van der Waals surface area contributed by atoms with E-state index in [2.05, 4.69) is 59.9 Å². The van der Waals surface area contributed by atoms with E-state index in [1.54, 1.807) is 0 Å². The fourth-order valence-electron chi connectivity index (χ4n) is 3.13. The first kappa shape index (κ1) is 16.9. The van der Waals surface area contributed by atoms with E-state index in [0.29, 0.717) is 6.54 Å². The molecule has 0 amide bonds. The van der Waals surface area contributed by atoms with Gasteiger partial charge in [0.05, 0.1) is 12.7 Å². The van der Waals surface area contributed by atoms with Gasteiger partial charge in [-0.3, -0.25) is 4.90 Å². The van der Waals surface area contributed by atoms with Gasteiger partial charge in [0, 0.05) is 23.1 Å². The number of likely N-dealkylation sites (N-methyl/N-ethyl adjacent to an activating group) is 1. The first-order chi connectivity index (χ1) is 9.97. The molecule has 2 N–H and O–H groups in total. The fourth-order valence-corrected chi connectivity index (χ4v) is 3.54. The third-order valence-electron chi connectivity index (χ3n) is 4.62. The molecule has 1 aromatic carbocycles. The number of aryl methyl sites for hydroxylation is 1. The lowest BCUT2D eigenvalue weighted by molar-refractivity contribution is 0.0301. The first-order valence-electron chi connectivity index (χ1n) is 7.77. The van der Waals surface area contributed by atoms with E-state index in [1.807, 2.05) is 0 Å². The van der Waals surface area contributed by atoms with Crippen molar-refractivity contribution in [1.29, 1.82) is 0 Å². The van der Waals surface area contributed by atoms with Crippen molar-refractivity contribution in [3.8, 4) is 0 Å². The molecule has 118 valence electrons. The molecule has 1 atom stereocenters. The lowest BCUT2D eigenvalue weighted by Gasteiger charge is -2.44. The number of hydrogen-bond acceptors (Lipinski definition) is 3. The van der Waals surface area contributed by atoms with Crippen molar-refractivity contribution in [2.24, 2.45) is 5.73 Å². The predicted octanol–water partition coefficient (Wildman–Crippen LogP) is 2.99. The Morgan fingerprint density at radius 3 is 2.81 bits per heavy atom. The quantitative estimate of drug-likeness (QED) is 0.853. The second-order valence-electron chi connectivity index (χ2n) is 6.36. The molecule has 0 aliphatic heterocycles. The minimum absolute atomic E-state index is 0.0706. The molecule has 2 rings (SSSR count). The van der Waals surface area contributed by atoms with Gasteiger partial charge in [0.2, 0.25) is 0 Å². The van der Waals surface area contributed by atoms with Crippen LogP contribution in [0.1, 0.15) is 31.4 Å². The van der Waals surface area contributed by atoms with Crippen LogP contribution in [-0.4, -0.2) is 43.3 Å². The summed E-state index contributed by atoms with van der Waals surface area (Å²) >= 11 is 3.56. The third kappa shape index (κ3) is 4.07. The Balaban J connectivity index is 2.07. The van der Waals surface area contributed by atoms with Crippen molar-refractivity contribution in [3.63, 3.8) is 0 Å². The molecule has 1 aromatic rings. The van der Waals surface area contributed by atoms with Crippen molar-refractivity contribution in [1.82, 2.24) is 4.90 Å². The van der Waals surface area contributed by atoms with Gasteiger partial charge in [-0.25, -0.2) is 0 Å². The number of hydrogen-bond donors (Lipinski definition) is 1. The minimum Gasteiger partial charge on any atom is -0.377 e. The maximum Gasteiger partial charge on any atom is 0.0597 e. The van der Waals surface area contributed by atoms with Gasteiger partial charge in [-0.15, -0.1) is 0 Å².